The first kappa shape index (κ1) is 21.6. The molecular formula is C25H42O4. The highest BCUT2D eigenvalue weighted by molar-refractivity contribution is 5.66. The van der Waals surface area contributed by atoms with Gasteiger partial charge in [-0.1, -0.05) is 27.7 Å². The number of aliphatic hydroxyl groups is 2. The molecule has 4 nitrogen and oxygen atoms in total. The van der Waals surface area contributed by atoms with E-state index in [4.69, 9.17) is 5.11 Å². The minimum absolute atomic E-state index is 0.0697. The number of carbonyl (C=O) groups is 1. The molecule has 0 amide bonds. The van der Waals surface area contributed by atoms with Crippen LogP contribution in [-0.2, 0) is 4.79 Å². The number of hydrogen-bond donors (Lipinski definition) is 3. The topological polar surface area (TPSA) is 77.8 Å². The zero-order valence-electron chi connectivity index (χ0n) is 18.8. The predicted molar refractivity (Wildman–Crippen MR) is 113 cm³/mol. The second-order valence-corrected chi connectivity index (χ2v) is 11.8. The molecule has 0 aliphatic heterocycles. The molecule has 0 aromatic heterocycles. The summed E-state index contributed by atoms with van der Waals surface area (Å²) in [5.41, 5.74) is 0.164. The largest absolute Gasteiger partial charge is 0.481 e. The smallest absolute Gasteiger partial charge is 0.303 e. The first-order chi connectivity index (χ1) is 13.6. The van der Waals surface area contributed by atoms with E-state index in [1.54, 1.807) is 0 Å². The van der Waals surface area contributed by atoms with Gasteiger partial charge in [-0.3, -0.25) is 4.79 Å². The summed E-state index contributed by atoms with van der Waals surface area (Å²) in [6, 6.07) is 0. The van der Waals surface area contributed by atoms with Gasteiger partial charge in [0, 0.05) is 6.42 Å². The number of aliphatic hydroxyl groups excluding tert-OH is 2. The average Bonchev–Trinajstić information content (AvgIpc) is 3.01. The van der Waals surface area contributed by atoms with Crippen molar-refractivity contribution in [2.75, 3.05) is 0 Å². The maximum Gasteiger partial charge on any atom is 0.303 e. The van der Waals surface area contributed by atoms with E-state index in [1.165, 1.54) is 19.3 Å². The number of hydrogen-bond acceptors (Lipinski definition) is 3. The molecule has 4 fully saturated rings. The Morgan fingerprint density at radius 3 is 2.41 bits per heavy atom. The highest BCUT2D eigenvalue weighted by Crippen LogP contribution is 2.69. The van der Waals surface area contributed by atoms with Crippen LogP contribution in [0, 0.1) is 52.3 Å². The van der Waals surface area contributed by atoms with Crippen molar-refractivity contribution in [1.29, 1.82) is 0 Å². The lowest BCUT2D eigenvalue weighted by molar-refractivity contribution is -0.190. The molecule has 0 radical (unpaired) electrons. The number of fused-ring (bicyclic) bond motifs is 5. The van der Waals surface area contributed by atoms with Gasteiger partial charge in [0.15, 0.2) is 0 Å². The fraction of sp³-hybridized carbons (Fsp3) is 0.960. The van der Waals surface area contributed by atoms with Gasteiger partial charge in [0.05, 0.1) is 12.2 Å². The molecule has 3 N–H and O–H groups in total. The summed E-state index contributed by atoms with van der Waals surface area (Å²) < 4.78 is 0. The first-order valence-electron chi connectivity index (χ1n) is 12.2. The lowest BCUT2D eigenvalue weighted by atomic mass is 9.42. The van der Waals surface area contributed by atoms with Crippen molar-refractivity contribution in [2.45, 2.75) is 97.7 Å². The Labute approximate surface area is 176 Å². The van der Waals surface area contributed by atoms with Crippen LogP contribution in [0.4, 0.5) is 0 Å². The molecule has 0 aromatic carbocycles. The third-order valence-electron chi connectivity index (χ3n) is 10.9. The van der Waals surface area contributed by atoms with E-state index in [0.29, 0.717) is 41.4 Å². The van der Waals surface area contributed by atoms with Gasteiger partial charge in [0.2, 0.25) is 0 Å². The van der Waals surface area contributed by atoms with E-state index < -0.39 is 5.97 Å². The lowest BCUT2D eigenvalue weighted by Gasteiger charge is -2.64. The van der Waals surface area contributed by atoms with Gasteiger partial charge in [-0.05, 0) is 104 Å². The van der Waals surface area contributed by atoms with Gasteiger partial charge >= 0.3 is 5.97 Å². The van der Waals surface area contributed by atoms with Crippen LogP contribution in [0.2, 0.25) is 0 Å². The van der Waals surface area contributed by atoms with E-state index in [-0.39, 0.29) is 29.5 Å². The van der Waals surface area contributed by atoms with E-state index in [1.807, 2.05) is 0 Å². The van der Waals surface area contributed by atoms with Crippen LogP contribution in [0.15, 0.2) is 0 Å². The number of rotatable bonds is 4. The molecule has 29 heavy (non-hydrogen) atoms. The highest BCUT2D eigenvalue weighted by Gasteiger charge is 2.64. The molecular weight excluding hydrogens is 364 g/mol. The van der Waals surface area contributed by atoms with Crippen LogP contribution >= 0.6 is 0 Å². The van der Waals surface area contributed by atoms with Gasteiger partial charge in [-0.2, -0.15) is 0 Å². The van der Waals surface area contributed by atoms with Crippen molar-refractivity contribution in [3.05, 3.63) is 0 Å². The first-order valence-corrected chi connectivity index (χ1v) is 12.2. The Balaban J connectivity index is 1.59. The van der Waals surface area contributed by atoms with Crippen LogP contribution in [0.3, 0.4) is 0 Å². The molecule has 4 heteroatoms. The van der Waals surface area contributed by atoms with Crippen molar-refractivity contribution in [2.24, 2.45) is 52.3 Å². The summed E-state index contributed by atoms with van der Waals surface area (Å²) in [6.45, 7) is 9.35. The minimum Gasteiger partial charge on any atom is -0.481 e. The molecule has 0 aromatic rings. The van der Waals surface area contributed by atoms with Crippen molar-refractivity contribution < 1.29 is 20.1 Å². The Kier molecular flexibility index (Phi) is 5.60. The normalized spacial score (nSPS) is 52.9. The molecule has 4 saturated carbocycles. The van der Waals surface area contributed by atoms with Crippen LogP contribution in [-0.4, -0.2) is 33.5 Å². The summed E-state index contributed by atoms with van der Waals surface area (Å²) in [4.78, 5) is 11.1. The molecule has 166 valence electrons. The molecule has 4 rings (SSSR count). The van der Waals surface area contributed by atoms with Gasteiger partial charge in [-0.15, -0.1) is 0 Å². The molecule has 0 heterocycles. The van der Waals surface area contributed by atoms with Crippen molar-refractivity contribution in [3.8, 4) is 0 Å². The zero-order valence-corrected chi connectivity index (χ0v) is 18.8. The number of carboxylic acids is 1. The quantitative estimate of drug-likeness (QED) is 0.631. The molecule has 0 bridgehead atoms. The molecule has 4 aliphatic carbocycles. The lowest BCUT2D eigenvalue weighted by Crippen LogP contribution is -2.60. The standard InChI is InChI=1S/C25H42O4/c1-14(5-10-23(28)29)19-8-9-20-18-7-6-16-12-17(26)11-15(2)24(16,3)21(18)13-22(27)25(19,20)4/h14-22,26-27H,5-13H2,1-4H3,(H,28,29)/t14?,15?,16?,17?,18?,19?,20?,21?,22?,24-,25+/m0/s1. The average molecular weight is 407 g/mol. The maximum absolute atomic E-state index is 11.6. The summed E-state index contributed by atoms with van der Waals surface area (Å²) in [5, 5.41) is 31.0. The molecule has 11 atom stereocenters. The fourth-order valence-corrected chi connectivity index (χ4v) is 9.18. The Bertz CT molecular complexity index is 634. The zero-order chi connectivity index (χ0) is 21.1. The summed E-state index contributed by atoms with van der Waals surface area (Å²) >= 11 is 0. The number of aliphatic carboxylic acids is 1. The Hall–Kier alpha value is -0.610. The van der Waals surface area contributed by atoms with Crippen LogP contribution in [0.5, 0.6) is 0 Å². The predicted octanol–water partition coefficient (Wildman–Crippen LogP) is 4.72. The molecule has 0 spiro atoms. The maximum atomic E-state index is 11.6. The SMILES string of the molecule is CC(CCC(=O)O)C1CCC2C3CCC4CC(O)CC(C)[C@]4(C)C3CC(O)[C@]12C. The minimum atomic E-state index is -0.708. The van der Waals surface area contributed by atoms with E-state index in [0.717, 1.165) is 32.1 Å². The van der Waals surface area contributed by atoms with Gasteiger partial charge in [0.25, 0.3) is 0 Å². The van der Waals surface area contributed by atoms with Crippen LogP contribution in [0.1, 0.15) is 85.5 Å². The van der Waals surface area contributed by atoms with Crippen LogP contribution < -0.4 is 0 Å². The second-order valence-electron chi connectivity index (χ2n) is 11.8. The van der Waals surface area contributed by atoms with Gasteiger partial charge < -0.3 is 15.3 Å². The third-order valence-corrected chi connectivity index (χ3v) is 10.9. The molecule has 4 aliphatic rings. The Morgan fingerprint density at radius 2 is 1.72 bits per heavy atom. The highest BCUT2D eigenvalue weighted by atomic mass is 16.4. The van der Waals surface area contributed by atoms with Crippen molar-refractivity contribution in [1.82, 2.24) is 0 Å². The summed E-state index contributed by atoms with van der Waals surface area (Å²) in [6.07, 6.45) is 8.05. The van der Waals surface area contributed by atoms with Crippen molar-refractivity contribution >= 4 is 5.97 Å². The van der Waals surface area contributed by atoms with E-state index in [2.05, 4.69) is 27.7 Å². The van der Waals surface area contributed by atoms with Gasteiger partial charge in [0.1, 0.15) is 0 Å². The summed E-state index contributed by atoms with van der Waals surface area (Å²) in [5.74, 6) is 2.97. The fourth-order valence-electron chi connectivity index (χ4n) is 9.18. The molecule has 9 unspecified atom stereocenters. The third kappa shape index (κ3) is 3.19. The van der Waals surface area contributed by atoms with E-state index >= 15 is 0 Å². The van der Waals surface area contributed by atoms with Gasteiger partial charge in [-0.25, -0.2) is 0 Å². The number of carboxylic acid groups (broad SMARTS) is 1. The van der Waals surface area contributed by atoms with Crippen LogP contribution in [0.25, 0.3) is 0 Å². The second kappa shape index (κ2) is 7.51. The summed E-state index contributed by atoms with van der Waals surface area (Å²) in [7, 11) is 0. The molecule has 0 saturated heterocycles. The monoisotopic (exact) mass is 406 g/mol. The Morgan fingerprint density at radius 1 is 1.00 bits per heavy atom. The van der Waals surface area contributed by atoms with E-state index in [9.17, 15) is 15.0 Å². The van der Waals surface area contributed by atoms with Crippen molar-refractivity contribution in [3.63, 3.8) is 0 Å².